The van der Waals surface area contributed by atoms with Gasteiger partial charge in [-0.2, -0.15) is 0 Å². The van der Waals surface area contributed by atoms with Crippen molar-refractivity contribution in [3.05, 3.63) is 53.9 Å². The number of rotatable bonds is 4. The third-order valence-electron chi connectivity index (χ3n) is 3.36. The molecule has 0 radical (unpaired) electrons. The van der Waals surface area contributed by atoms with Gasteiger partial charge in [-0.05, 0) is 43.2 Å². The molecule has 0 aliphatic carbocycles. The molecule has 0 amide bonds. The van der Waals surface area contributed by atoms with Gasteiger partial charge >= 0.3 is 0 Å². The lowest BCUT2D eigenvalue weighted by molar-refractivity contribution is 0.781. The van der Waals surface area contributed by atoms with Crippen molar-refractivity contribution in [3.8, 4) is 0 Å². The van der Waals surface area contributed by atoms with Crippen molar-refractivity contribution in [1.82, 2.24) is 4.98 Å². The van der Waals surface area contributed by atoms with Gasteiger partial charge in [0, 0.05) is 18.8 Å². The van der Waals surface area contributed by atoms with E-state index in [2.05, 4.69) is 47.1 Å². The molecule has 0 aliphatic rings. The van der Waals surface area contributed by atoms with Gasteiger partial charge in [0.2, 0.25) is 0 Å². The highest BCUT2D eigenvalue weighted by atomic mass is 15.1. The van der Waals surface area contributed by atoms with Crippen LogP contribution in [0.2, 0.25) is 0 Å². The average Bonchev–Trinajstić information content (AvgIpc) is 2.46. The lowest BCUT2D eigenvalue weighted by Gasteiger charge is -2.20. The number of nitrogens with two attached hydrogens (primary N) is 1. The maximum Gasteiger partial charge on any atom is 0.0594 e. The fraction of sp³-hybridized carbons (Fsp3) is 0.312. The fourth-order valence-corrected chi connectivity index (χ4v) is 1.97. The highest BCUT2D eigenvalue weighted by Crippen LogP contribution is 2.23. The van der Waals surface area contributed by atoms with Crippen LogP contribution in [0.4, 0.5) is 11.4 Å². The molecule has 3 nitrogen and oxygen atoms in total. The van der Waals surface area contributed by atoms with E-state index >= 15 is 0 Å². The Bertz CT molecular complexity index is 515. The van der Waals surface area contributed by atoms with Gasteiger partial charge in [0.25, 0.3) is 0 Å². The molecule has 0 saturated heterocycles. The first-order valence-electron chi connectivity index (χ1n) is 6.66. The molecule has 2 aromatic rings. The number of aromatic nitrogens is 1. The zero-order valence-corrected chi connectivity index (χ0v) is 11.8. The number of aryl methyl sites for hydroxylation is 1. The molecule has 0 fully saturated rings. The zero-order valence-electron chi connectivity index (χ0n) is 11.8. The molecule has 1 aromatic heterocycles. The van der Waals surface area contributed by atoms with E-state index in [1.54, 1.807) is 0 Å². The Balaban J connectivity index is 2.20. The van der Waals surface area contributed by atoms with E-state index in [4.69, 9.17) is 5.73 Å². The third kappa shape index (κ3) is 3.12. The Labute approximate surface area is 115 Å². The number of nitrogens with zero attached hydrogens (tertiary/aromatic N) is 2. The van der Waals surface area contributed by atoms with Gasteiger partial charge in [0.05, 0.1) is 17.6 Å². The molecule has 0 spiro atoms. The first-order valence-corrected chi connectivity index (χ1v) is 6.66. The number of pyridine rings is 1. The lowest BCUT2D eigenvalue weighted by Crippen LogP contribution is -2.11. The van der Waals surface area contributed by atoms with Gasteiger partial charge in [0.15, 0.2) is 0 Å². The van der Waals surface area contributed by atoms with Gasteiger partial charge in [-0.1, -0.05) is 19.1 Å². The van der Waals surface area contributed by atoms with Crippen molar-refractivity contribution in [1.29, 1.82) is 0 Å². The molecule has 1 atom stereocenters. The van der Waals surface area contributed by atoms with Gasteiger partial charge in [-0.25, -0.2) is 0 Å². The van der Waals surface area contributed by atoms with E-state index in [1.807, 2.05) is 26.2 Å². The summed E-state index contributed by atoms with van der Waals surface area (Å²) in [5.41, 5.74) is 10.3. The normalized spacial score (nSPS) is 12.2. The molecule has 0 unspecified atom stereocenters. The fourth-order valence-electron chi connectivity index (χ4n) is 1.97. The summed E-state index contributed by atoms with van der Waals surface area (Å²) in [6.07, 6.45) is 2.93. The van der Waals surface area contributed by atoms with E-state index in [0.29, 0.717) is 0 Å². The van der Waals surface area contributed by atoms with Crippen LogP contribution in [-0.4, -0.2) is 12.0 Å². The standard InChI is InChI=1S/C16H21N3/c1-4-13-5-7-14(8-6-13)19(3)15-9-10-16(12(2)17)18-11-15/h5-12H,4,17H2,1-3H3/t12-/m1/s1. The summed E-state index contributed by atoms with van der Waals surface area (Å²) < 4.78 is 0. The first kappa shape index (κ1) is 13.6. The van der Waals surface area contributed by atoms with Crippen LogP contribution in [0.5, 0.6) is 0 Å². The summed E-state index contributed by atoms with van der Waals surface area (Å²) in [6.45, 7) is 4.10. The Morgan fingerprint density at radius 3 is 2.21 bits per heavy atom. The molecular formula is C16H21N3. The Hall–Kier alpha value is -1.87. The van der Waals surface area contributed by atoms with Crippen molar-refractivity contribution in [3.63, 3.8) is 0 Å². The van der Waals surface area contributed by atoms with Gasteiger partial charge in [-0.15, -0.1) is 0 Å². The largest absolute Gasteiger partial charge is 0.343 e. The minimum atomic E-state index is -0.0248. The van der Waals surface area contributed by atoms with Gasteiger partial charge < -0.3 is 10.6 Å². The van der Waals surface area contributed by atoms with Gasteiger partial charge in [-0.3, -0.25) is 4.98 Å². The van der Waals surface area contributed by atoms with E-state index in [1.165, 1.54) is 5.56 Å². The summed E-state index contributed by atoms with van der Waals surface area (Å²) >= 11 is 0. The summed E-state index contributed by atoms with van der Waals surface area (Å²) in [6, 6.07) is 12.6. The van der Waals surface area contributed by atoms with Crippen LogP contribution in [0.25, 0.3) is 0 Å². The molecule has 19 heavy (non-hydrogen) atoms. The number of hydrogen-bond acceptors (Lipinski definition) is 3. The molecule has 0 saturated carbocycles. The van der Waals surface area contributed by atoms with Crippen LogP contribution in [0.15, 0.2) is 42.6 Å². The topological polar surface area (TPSA) is 42.1 Å². The second-order valence-electron chi connectivity index (χ2n) is 4.81. The molecule has 100 valence electrons. The van der Waals surface area contributed by atoms with Crippen molar-refractivity contribution in [2.45, 2.75) is 26.3 Å². The zero-order chi connectivity index (χ0) is 13.8. The van der Waals surface area contributed by atoms with E-state index in [-0.39, 0.29) is 6.04 Å². The minimum Gasteiger partial charge on any atom is -0.343 e. The summed E-state index contributed by atoms with van der Waals surface area (Å²) in [5, 5.41) is 0. The van der Waals surface area contributed by atoms with E-state index in [9.17, 15) is 0 Å². The molecule has 1 heterocycles. The molecule has 1 aromatic carbocycles. The van der Waals surface area contributed by atoms with Crippen molar-refractivity contribution >= 4 is 11.4 Å². The van der Waals surface area contributed by atoms with Crippen LogP contribution < -0.4 is 10.6 Å². The summed E-state index contributed by atoms with van der Waals surface area (Å²) in [4.78, 5) is 6.51. The highest BCUT2D eigenvalue weighted by Gasteiger charge is 2.06. The Kier molecular flexibility index (Phi) is 4.17. The van der Waals surface area contributed by atoms with Crippen LogP contribution in [0.3, 0.4) is 0 Å². The van der Waals surface area contributed by atoms with Crippen LogP contribution in [-0.2, 0) is 6.42 Å². The quantitative estimate of drug-likeness (QED) is 0.910. The highest BCUT2D eigenvalue weighted by molar-refractivity contribution is 5.61. The monoisotopic (exact) mass is 255 g/mol. The molecule has 3 heteroatoms. The van der Waals surface area contributed by atoms with Crippen LogP contribution >= 0.6 is 0 Å². The van der Waals surface area contributed by atoms with Gasteiger partial charge in [0.1, 0.15) is 0 Å². The smallest absolute Gasteiger partial charge is 0.0594 e. The van der Waals surface area contributed by atoms with Crippen molar-refractivity contribution in [2.75, 3.05) is 11.9 Å². The molecule has 2 rings (SSSR count). The van der Waals surface area contributed by atoms with E-state index in [0.717, 1.165) is 23.5 Å². The Morgan fingerprint density at radius 2 is 1.74 bits per heavy atom. The second kappa shape index (κ2) is 5.85. The minimum absolute atomic E-state index is 0.0248. The van der Waals surface area contributed by atoms with Crippen LogP contribution in [0.1, 0.15) is 31.1 Å². The number of anilines is 2. The summed E-state index contributed by atoms with van der Waals surface area (Å²) in [7, 11) is 2.05. The van der Waals surface area contributed by atoms with Crippen LogP contribution in [0, 0.1) is 0 Å². The summed E-state index contributed by atoms with van der Waals surface area (Å²) in [5.74, 6) is 0. The SMILES string of the molecule is CCc1ccc(N(C)c2ccc([C@@H](C)N)nc2)cc1. The first-order chi connectivity index (χ1) is 9.11. The third-order valence-corrected chi connectivity index (χ3v) is 3.36. The maximum atomic E-state index is 5.81. The average molecular weight is 255 g/mol. The van der Waals surface area contributed by atoms with Crippen molar-refractivity contribution in [2.24, 2.45) is 5.73 Å². The Morgan fingerprint density at radius 1 is 1.11 bits per heavy atom. The predicted molar refractivity (Wildman–Crippen MR) is 80.7 cm³/mol. The maximum absolute atomic E-state index is 5.81. The predicted octanol–water partition coefficient (Wildman–Crippen LogP) is 3.43. The van der Waals surface area contributed by atoms with E-state index < -0.39 is 0 Å². The lowest BCUT2D eigenvalue weighted by atomic mass is 10.1. The van der Waals surface area contributed by atoms with Crippen molar-refractivity contribution < 1.29 is 0 Å². The number of benzene rings is 1. The second-order valence-corrected chi connectivity index (χ2v) is 4.81. The molecule has 0 bridgehead atoms. The molecule has 0 aliphatic heterocycles. The molecular weight excluding hydrogens is 234 g/mol. The number of hydrogen-bond donors (Lipinski definition) is 1. The molecule has 2 N–H and O–H groups in total.